The van der Waals surface area contributed by atoms with Crippen molar-refractivity contribution in [3.63, 3.8) is 0 Å². The molecule has 4 N–H and O–H groups in total. The maximum Gasteiger partial charge on any atom is 0.323 e. The zero-order valence-corrected chi connectivity index (χ0v) is 28.6. The number of nitriles is 1. The summed E-state index contributed by atoms with van der Waals surface area (Å²) < 4.78 is 18.4. The normalized spacial score (nSPS) is 15.0. The molecule has 0 spiro atoms. The van der Waals surface area contributed by atoms with Gasteiger partial charge >= 0.3 is 5.97 Å². The molecule has 0 aliphatic carbocycles. The Bertz CT molecular complexity index is 1810. The SMILES string of the molecule is Cc1c(COc2cc(OCc3cncc(C#N)c3)c(CNC(CO)C(=O)O)cc2Cl)cccc1-c1cccc(OCCCN2CCC(O)C2)c1. The highest BCUT2D eigenvalue weighted by molar-refractivity contribution is 6.32. The largest absolute Gasteiger partial charge is 0.494 e. The van der Waals surface area contributed by atoms with E-state index < -0.39 is 18.6 Å². The number of benzene rings is 3. The first-order valence-corrected chi connectivity index (χ1v) is 16.8. The molecule has 0 saturated carbocycles. The Kier molecular flexibility index (Phi) is 13.0. The predicted molar refractivity (Wildman–Crippen MR) is 188 cm³/mol. The molecule has 50 heavy (non-hydrogen) atoms. The number of halogens is 1. The molecule has 12 heteroatoms. The molecule has 262 valence electrons. The van der Waals surface area contributed by atoms with E-state index >= 15 is 0 Å². The standard InChI is InChI=1S/C38H41ClN4O7/c1-25-29(6-3-8-33(25)28-5-2-7-32(14-28)48-12-4-10-43-11-9-31(45)21-43)24-50-37-16-36(49-23-27-13-26(17-40)18-41-19-27)30(15-34(37)39)20-42-35(22-44)38(46)47/h2-3,5-8,13-16,18-19,31,35,42,44-45H,4,9-12,20-24H2,1H3,(H,46,47). The van der Waals surface area contributed by atoms with Crippen molar-refractivity contribution >= 4 is 17.6 Å². The lowest BCUT2D eigenvalue weighted by molar-refractivity contribution is -0.140. The van der Waals surface area contributed by atoms with Gasteiger partial charge in [0.05, 0.1) is 29.9 Å². The van der Waals surface area contributed by atoms with Gasteiger partial charge in [-0.1, -0.05) is 41.9 Å². The van der Waals surface area contributed by atoms with Crippen LogP contribution >= 0.6 is 11.6 Å². The second kappa shape index (κ2) is 17.8. The molecule has 1 saturated heterocycles. The number of β-amino-alcohol motifs (C(OH)–C–C–N with tert-alkyl or cyclic N) is 1. The Morgan fingerprint density at radius 2 is 1.90 bits per heavy atom. The van der Waals surface area contributed by atoms with Gasteiger partial charge in [-0.05, 0) is 66.3 Å². The number of aliphatic hydroxyl groups is 2. The van der Waals surface area contributed by atoms with Crippen molar-refractivity contribution in [1.82, 2.24) is 15.2 Å². The fourth-order valence-electron chi connectivity index (χ4n) is 5.77. The van der Waals surface area contributed by atoms with Crippen LogP contribution in [0.3, 0.4) is 0 Å². The second-order valence-electron chi connectivity index (χ2n) is 12.2. The van der Waals surface area contributed by atoms with Gasteiger partial charge in [-0.15, -0.1) is 0 Å². The molecule has 1 aromatic heterocycles. The highest BCUT2D eigenvalue weighted by Gasteiger charge is 2.20. The Morgan fingerprint density at radius 1 is 1.08 bits per heavy atom. The van der Waals surface area contributed by atoms with Crippen LogP contribution in [0.1, 0.15) is 40.7 Å². The average molecular weight is 701 g/mol. The van der Waals surface area contributed by atoms with Gasteiger partial charge in [0.25, 0.3) is 0 Å². The molecule has 4 aromatic rings. The van der Waals surface area contributed by atoms with Gasteiger partial charge in [-0.3, -0.25) is 15.1 Å². The minimum Gasteiger partial charge on any atom is -0.494 e. The van der Waals surface area contributed by atoms with E-state index in [4.69, 9.17) is 25.8 Å². The van der Waals surface area contributed by atoms with Crippen molar-refractivity contribution in [2.45, 2.75) is 51.7 Å². The Labute approximate surface area is 296 Å². The third-order valence-corrected chi connectivity index (χ3v) is 8.86. The van der Waals surface area contributed by atoms with E-state index in [-0.39, 0.29) is 25.9 Å². The topological polar surface area (TPSA) is 157 Å². The monoisotopic (exact) mass is 700 g/mol. The van der Waals surface area contributed by atoms with Crippen LogP contribution in [-0.2, 0) is 24.6 Å². The van der Waals surface area contributed by atoms with Crippen LogP contribution in [0.2, 0.25) is 5.02 Å². The highest BCUT2D eigenvalue weighted by Crippen LogP contribution is 2.35. The molecule has 2 unspecified atom stereocenters. The van der Waals surface area contributed by atoms with Crippen LogP contribution in [0.15, 0.2) is 73.1 Å². The van der Waals surface area contributed by atoms with E-state index in [9.17, 15) is 25.4 Å². The molecule has 1 aliphatic heterocycles. The molecule has 2 heterocycles. The van der Waals surface area contributed by atoms with E-state index in [0.717, 1.165) is 60.5 Å². The third kappa shape index (κ3) is 9.94. The van der Waals surface area contributed by atoms with Gasteiger partial charge in [0.15, 0.2) is 0 Å². The molecular weight excluding hydrogens is 660 g/mol. The number of aromatic nitrogens is 1. The molecule has 11 nitrogen and oxygen atoms in total. The zero-order chi connectivity index (χ0) is 35.5. The fraction of sp³-hybridized carbons (Fsp3) is 0.342. The smallest absolute Gasteiger partial charge is 0.323 e. The number of aliphatic carboxylic acids is 1. The number of nitrogens with zero attached hydrogens (tertiary/aromatic N) is 3. The molecular formula is C38H41ClN4O7. The van der Waals surface area contributed by atoms with Crippen LogP contribution in [-0.4, -0.2) is 76.2 Å². The van der Waals surface area contributed by atoms with Gasteiger partial charge < -0.3 is 34.4 Å². The fourth-order valence-corrected chi connectivity index (χ4v) is 6.01. The molecule has 5 rings (SSSR count). The summed E-state index contributed by atoms with van der Waals surface area (Å²) in [5.41, 5.74) is 5.69. The number of ether oxygens (including phenoxy) is 3. The number of aliphatic hydroxyl groups excluding tert-OH is 2. The lowest BCUT2D eigenvalue weighted by Crippen LogP contribution is -2.39. The maximum absolute atomic E-state index is 11.5. The summed E-state index contributed by atoms with van der Waals surface area (Å²) in [4.78, 5) is 17.8. The Hall–Kier alpha value is -4.70. The minimum atomic E-state index is -1.19. The zero-order valence-electron chi connectivity index (χ0n) is 27.8. The van der Waals surface area contributed by atoms with E-state index in [1.165, 1.54) is 6.20 Å². The van der Waals surface area contributed by atoms with Gasteiger partial charge in [-0.2, -0.15) is 5.26 Å². The number of pyridine rings is 1. The van der Waals surface area contributed by atoms with Crippen LogP contribution in [0.25, 0.3) is 11.1 Å². The number of hydrogen-bond donors (Lipinski definition) is 4. The summed E-state index contributed by atoms with van der Waals surface area (Å²) in [5.74, 6) is 0.367. The first-order valence-electron chi connectivity index (χ1n) is 16.4. The number of rotatable bonds is 17. The number of nitrogens with one attached hydrogen (secondary N) is 1. The number of hydrogen-bond acceptors (Lipinski definition) is 10. The van der Waals surface area contributed by atoms with Gasteiger partial charge in [-0.25, -0.2) is 0 Å². The van der Waals surface area contributed by atoms with E-state index in [1.54, 1.807) is 24.4 Å². The highest BCUT2D eigenvalue weighted by atomic mass is 35.5. The quantitative estimate of drug-likeness (QED) is 0.109. The molecule has 0 bridgehead atoms. The van der Waals surface area contributed by atoms with Crippen molar-refractivity contribution in [3.05, 3.63) is 106 Å². The summed E-state index contributed by atoms with van der Waals surface area (Å²) in [5, 5.41) is 40.9. The summed E-state index contributed by atoms with van der Waals surface area (Å²) >= 11 is 6.67. The van der Waals surface area contributed by atoms with E-state index in [2.05, 4.69) is 27.3 Å². The summed E-state index contributed by atoms with van der Waals surface area (Å²) in [7, 11) is 0. The Balaban J connectivity index is 1.28. The number of carbonyl (C=O) groups is 1. The van der Waals surface area contributed by atoms with Crippen molar-refractivity contribution < 1.29 is 34.3 Å². The minimum absolute atomic E-state index is 0.0514. The van der Waals surface area contributed by atoms with E-state index in [1.807, 2.05) is 43.3 Å². The predicted octanol–water partition coefficient (Wildman–Crippen LogP) is 5.11. The summed E-state index contributed by atoms with van der Waals surface area (Å²) in [6.45, 7) is 4.97. The first kappa shape index (κ1) is 36.6. The van der Waals surface area contributed by atoms with Crippen LogP contribution in [0, 0.1) is 18.3 Å². The number of likely N-dealkylation sites (tertiary alicyclic amines) is 1. The molecule has 0 radical (unpaired) electrons. The van der Waals surface area contributed by atoms with Crippen molar-refractivity contribution in [2.24, 2.45) is 0 Å². The van der Waals surface area contributed by atoms with Gasteiger partial charge in [0, 0.05) is 55.8 Å². The Morgan fingerprint density at radius 3 is 2.66 bits per heavy atom. The second-order valence-corrected chi connectivity index (χ2v) is 12.6. The summed E-state index contributed by atoms with van der Waals surface area (Å²) in [6.07, 6.45) is 4.55. The van der Waals surface area contributed by atoms with Crippen molar-refractivity contribution in [3.8, 4) is 34.4 Å². The maximum atomic E-state index is 11.5. The average Bonchev–Trinajstić information content (AvgIpc) is 3.54. The van der Waals surface area contributed by atoms with Crippen molar-refractivity contribution in [1.29, 1.82) is 5.26 Å². The molecule has 1 fully saturated rings. The van der Waals surface area contributed by atoms with E-state index in [0.29, 0.717) is 39.8 Å². The first-order chi connectivity index (χ1) is 24.2. The third-order valence-electron chi connectivity index (χ3n) is 8.56. The number of carboxylic acid groups (broad SMARTS) is 1. The molecule has 2 atom stereocenters. The number of carboxylic acids is 1. The van der Waals surface area contributed by atoms with Crippen LogP contribution < -0.4 is 19.5 Å². The van der Waals surface area contributed by atoms with Crippen molar-refractivity contribution in [2.75, 3.05) is 32.8 Å². The molecule has 1 aliphatic rings. The summed E-state index contributed by atoms with van der Waals surface area (Å²) in [6, 6.07) is 19.9. The van der Waals surface area contributed by atoms with Crippen LogP contribution in [0.4, 0.5) is 0 Å². The lowest BCUT2D eigenvalue weighted by Gasteiger charge is -2.18. The lowest BCUT2D eigenvalue weighted by atomic mass is 9.96. The molecule has 0 amide bonds. The molecule has 3 aromatic carbocycles. The van der Waals surface area contributed by atoms with Crippen LogP contribution in [0.5, 0.6) is 17.2 Å². The van der Waals surface area contributed by atoms with Gasteiger partial charge in [0.1, 0.15) is 42.6 Å². The van der Waals surface area contributed by atoms with Gasteiger partial charge in [0.2, 0.25) is 0 Å².